The van der Waals surface area contributed by atoms with Gasteiger partial charge in [0.25, 0.3) is 0 Å². The number of rotatable bonds is 3. The van der Waals surface area contributed by atoms with Gasteiger partial charge in [0.2, 0.25) is 5.91 Å². The zero-order chi connectivity index (χ0) is 15.8. The first kappa shape index (κ1) is 14.7. The number of anilines is 1. The zero-order valence-electron chi connectivity index (χ0n) is 12.8. The van der Waals surface area contributed by atoms with E-state index in [2.05, 4.69) is 22.4 Å². The predicted molar refractivity (Wildman–Crippen MR) is 90.4 cm³/mol. The van der Waals surface area contributed by atoms with Crippen LogP contribution in [0.2, 0.25) is 0 Å². The molecular formula is C18H19FN2OS. The van der Waals surface area contributed by atoms with Crippen LogP contribution in [0.1, 0.15) is 17.2 Å². The van der Waals surface area contributed by atoms with Gasteiger partial charge in [0.1, 0.15) is 5.82 Å². The van der Waals surface area contributed by atoms with Crippen LogP contribution < -0.4 is 4.90 Å². The summed E-state index contributed by atoms with van der Waals surface area (Å²) in [7, 11) is 0. The Morgan fingerprint density at radius 1 is 1.09 bits per heavy atom. The fraction of sp³-hybridized carbons (Fsp3) is 0.389. The van der Waals surface area contributed by atoms with E-state index in [0.717, 1.165) is 38.3 Å². The number of amides is 1. The average Bonchev–Trinajstić information content (AvgIpc) is 3.20. The van der Waals surface area contributed by atoms with E-state index in [4.69, 9.17) is 0 Å². The first-order chi connectivity index (χ1) is 11.2. The minimum atomic E-state index is -0.212. The highest BCUT2D eigenvalue weighted by molar-refractivity contribution is 7.10. The Bertz CT molecular complexity index is 678. The van der Waals surface area contributed by atoms with Gasteiger partial charge in [-0.1, -0.05) is 6.07 Å². The fourth-order valence-electron chi connectivity index (χ4n) is 3.36. The number of piperazine rings is 1. The first-order valence-corrected chi connectivity index (χ1v) is 8.93. The third-order valence-electron chi connectivity index (χ3n) is 4.80. The summed E-state index contributed by atoms with van der Waals surface area (Å²) in [6.07, 6.45) is 0.998. The van der Waals surface area contributed by atoms with E-state index in [-0.39, 0.29) is 11.7 Å². The lowest BCUT2D eigenvalue weighted by Crippen LogP contribution is -2.49. The van der Waals surface area contributed by atoms with Gasteiger partial charge in [-0.05, 0) is 42.1 Å². The lowest BCUT2D eigenvalue weighted by atomic mass is 10.2. The van der Waals surface area contributed by atoms with Gasteiger partial charge in [-0.15, -0.1) is 11.3 Å². The number of thiophene rings is 1. The molecule has 5 heteroatoms. The van der Waals surface area contributed by atoms with Crippen LogP contribution in [0.25, 0.3) is 0 Å². The van der Waals surface area contributed by atoms with Crippen LogP contribution in [0.4, 0.5) is 10.1 Å². The second-order valence-corrected chi connectivity index (χ2v) is 7.23. The first-order valence-electron chi connectivity index (χ1n) is 8.05. The molecule has 2 aromatic rings. The molecule has 0 spiro atoms. The molecule has 1 saturated heterocycles. The van der Waals surface area contributed by atoms with Crippen LogP contribution in [0, 0.1) is 11.7 Å². The molecular weight excluding hydrogens is 311 g/mol. The largest absolute Gasteiger partial charge is 0.368 e. The van der Waals surface area contributed by atoms with E-state index in [1.165, 1.54) is 17.0 Å². The number of halogens is 1. The van der Waals surface area contributed by atoms with Crippen LogP contribution >= 0.6 is 11.3 Å². The normalized spacial score (nSPS) is 23.9. The molecule has 23 heavy (non-hydrogen) atoms. The van der Waals surface area contributed by atoms with Crippen molar-refractivity contribution in [3.05, 3.63) is 52.5 Å². The van der Waals surface area contributed by atoms with Gasteiger partial charge in [0.15, 0.2) is 0 Å². The van der Waals surface area contributed by atoms with Crippen LogP contribution in [0.5, 0.6) is 0 Å². The van der Waals surface area contributed by atoms with Crippen molar-refractivity contribution in [2.24, 2.45) is 5.92 Å². The molecule has 2 atom stereocenters. The second kappa shape index (κ2) is 5.96. The molecule has 0 bridgehead atoms. The van der Waals surface area contributed by atoms with Crippen LogP contribution in [-0.2, 0) is 4.79 Å². The Kier molecular flexibility index (Phi) is 3.81. The molecule has 1 aromatic heterocycles. The molecule has 2 heterocycles. The number of hydrogen-bond acceptors (Lipinski definition) is 3. The van der Waals surface area contributed by atoms with Gasteiger partial charge >= 0.3 is 0 Å². The topological polar surface area (TPSA) is 23.6 Å². The van der Waals surface area contributed by atoms with Crippen molar-refractivity contribution in [1.82, 2.24) is 4.90 Å². The highest BCUT2D eigenvalue weighted by Crippen LogP contribution is 2.50. The Balaban J connectivity index is 1.33. The molecule has 1 aromatic carbocycles. The van der Waals surface area contributed by atoms with Gasteiger partial charge in [0.05, 0.1) is 0 Å². The summed E-state index contributed by atoms with van der Waals surface area (Å²) >= 11 is 1.75. The van der Waals surface area contributed by atoms with Crippen molar-refractivity contribution < 1.29 is 9.18 Å². The smallest absolute Gasteiger partial charge is 0.226 e. The van der Waals surface area contributed by atoms with Gasteiger partial charge in [-0.25, -0.2) is 4.39 Å². The highest BCUT2D eigenvalue weighted by Gasteiger charge is 2.46. The second-order valence-electron chi connectivity index (χ2n) is 6.25. The quantitative estimate of drug-likeness (QED) is 0.862. The maximum absolute atomic E-state index is 13.0. The number of nitrogens with zero attached hydrogens (tertiary/aromatic N) is 2. The fourth-order valence-corrected chi connectivity index (χ4v) is 4.26. The third-order valence-corrected chi connectivity index (χ3v) is 5.80. The minimum Gasteiger partial charge on any atom is -0.368 e. The molecule has 0 radical (unpaired) electrons. The molecule has 1 aliphatic carbocycles. The Hall–Kier alpha value is -1.88. The van der Waals surface area contributed by atoms with Crippen molar-refractivity contribution in [1.29, 1.82) is 0 Å². The lowest BCUT2D eigenvalue weighted by molar-refractivity contribution is -0.132. The van der Waals surface area contributed by atoms with E-state index < -0.39 is 0 Å². The maximum atomic E-state index is 13.0. The van der Waals surface area contributed by atoms with Gasteiger partial charge in [-0.2, -0.15) is 0 Å². The summed E-state index contributed by atoms with van der Waals surface area (Å²) in [5.41, 5.74) is 1.03. The Morgan fingerprint density at radius 3 is 2.48 bits per heavy atom. The van der Waals surface area contributed by atoms with Crippen LogP contribution in [0.3, 0.4) is 0 Å². The summed E-state index contributed by atoms with van der Waals surface area (Å²) < 4.78 is 13.0. The molecule has 120 valence electrons. The van der Waals surface area contributed by atoms with E-state index >= 15 is 0 Å². The molecule has 1 saturated carbocycles. The SMILES string of the molecule is O=C(C1CC1c1cccs1)N1CCN(c2ccc(F)cc2)CC1. The van der Waals surface area contributed by atoms with Crippen LogP contribution in [-0.4, -0.2) is 37.0 Å². The molecule has 2 aliphatic rings. The zero-order valence-corrected chi connectivity index (χ0v) is 13.6. The molecule has 1 amide bonds. The van der Waals surface area contributed by atoms with Crippen molar-refractivity contribution in [2.75, 3.05) is 31.1 Å². The Labute approximate surface area is 139 Å². The Morgan fingerprint density at radius 2 is 1.83 bits per heavy atom. The average molecular weight is 330 g/mol. The third kappa shape index (κ3) is 2.98. The maximum Gasteiger partial charge on any atom is 0.226 e. The summed E-state index contributed by atoms with van der Waals surface area (Å²) in [5.74, 6) is 0.724. The van der Waals surface area contributed by atoms with Crippen molar-refractivity contribution in [3.8, 4) is 0 Å². The lowest BCUT2D eigenvalue weighted by Gasteiger charge is -2.36. The number of carbonyl (C=O) groups is 1. The van der Waals surface area contributed by atoms with E-state index in [0.29, 0.717) is 11.8 Å². The standard InChI is InChI=1S/C18H19FN2OS/c19-13-3-5-14(6-4-13)20-7-9-21(10-8-20)18(22)16-12-15(16)17-2-1-11-23-17/h1-6,11,15-16H,7-10,12H2. The molecule has 0 N–H and O–H groups in total. The summed E-state index contributed by atoms with van der Waals surface area (Å²) in [6.45, 7) is 3.13. The summed E-state index contributed by atoms with van der Waals surface area (Å²) in [6, 6.07) is 10.8. The minimum absolute atomic E-state index is 0.186. The van der Waals surface area contributed by atoms with Crippen molar-refractivity contribution in [2.45, 2.75) is 12.3 Å². The molecule has 3 nitrogen and oxygen atoms in total. The summed E-state index contributed by atoms with van der Waals surface area (Å²) in [4.78, 5) is 18.2. The van der Waals surface area contributed by atoms with Crippen molar-refractivity contribution in [3.63, 3.8) is 0 Å². The van der Waals surface area contributed by atoms with Gasteiger partial charge in [0, 0.05) is 48.6 Å². The predicted octanol–water partition coefficient (Wildman–Crippen LogP) is 3.34. The molecule has 2 unspecified atom stereocenters. The summed E-state index contributed by atoms with van der Waals surface area (Å²) in [5, 5.41) is 2.08. The number of benzene rings is 1. The molecule has 4 rings (SSSR count). The van der Waals surface area contributed by atoms with E-state index in [1.54, 1.807) is 23.5 Å². The highest BCUT2D eigenvalue weighted by atomic mass is 32.1. The van der Waals surface area contributed by atoms with E-state index in [1.807, 2.05) is 4.90 Å². The number of carbonyl (C=O) groups excluding carboxylic acids is 1. The van der Waals surface area contributed by atoms with Crippen molar-refractivity contribution >= 4 is 22.9 Å². The molecule has 2 fully saturated rings. The van der Waals surface area contributed by atoms with Gasteiger partial charge in [-0.3, -0.25) is 4.79 Å². The molecule has 1 aliphatic heterocycles. The van der Waals surface area contributed by atoms with E-state index in [9.17, 15) is 9.18 Å². The van der Waals surface area contributed by atoms with Crippen LogP contribution in [0.15, 0.2) is 41.8 Å². The number of hydrogen-bond donors (Lipinski definition) is 0. The van der Waals surface area contributed by atoms with Gasteiger partial charge < -0.3 is 9.80 Å². The monoisotopic (exact) mass is 330 g/mol.